The van der Waals surface area contributed by atoms with Gasteiger partial charge in [-0.1, -0.05) is 19.1 Å². The highest BCUT2D eigenvalue weighted by Gasteiger charge is 2.38. The zero-order valence-electron chi connectivity index (χ0n) is 13.9. The number of hydrogen-bond acceptors (Lipinski definition) is 2. The van der Waals surface area contributed by atoms with Crippen LogP contribution in [0.4, 0.5) is 0 Å². The molecule has 0 radical (unpaired) electrons. The van der Waals surface area contributed by atoms with E-state index in [0.29, 0.717) is 0 Å². The van der Waals surface area contributed by atoms with Crippen LogP contribution >= 0.6 is 0 Å². The van der Waals surface area contributed by atoms with Crippen molar-refractivity contribution in [2.24, 2.45) is 11.8 Å². The van der Waals surface area contributed by atoms with Crippen LogP contribution in [0.1, 0.15) is 66.2 Å². The molecule has 2 unspecified atom stereocenters. The molecular formula is C18H33NO. The van der Waals surface area contributed by atoms with Crippen LogP contribution < -0.4 is 5.32 Å². The third kappa shape index (κ3) is 4.60. The van der Waals surface area contributed by atoms with Crippen LogP contribution in [0.15, 0.2) is 12.2 Å². The van der Waals surface area contributed by atoms with Crippen molar-refractivity contribution >= 4 is 0 Å². The van der Waals surface area contributed by atoms with E-state index in [-0.39, 0.29) is 11.1 Å². The summed E-state index contributed by atoms with van der Waals surface area (Å²) in [7, 11) is 0. The summed E-state index contributed by atoms with van der Waals surface area (Å²) in [6, 6.07) is 0. The smallest absolute Gasteiger partial charge is 0.0694 e. The summed E-state index contributed by atoms with van der Waals surface area (Å²) in [6.07, 6.45) is 12.1. The van der Waals surface area contributed by atoms with Crippen LogP contribution in [0.5, 0.6) is 0 Å². The van der Waals surface area contributed by atoms with Crippen molar-refractivity contribution in [2.75, 3.05) is 13.2 Å². The van der Waals surface area contributed by atoms with Gasteiger partial charge in [0.25, 0.3) is 0 Å². The molecule has 116 valence electrons. The molecule has 2 atom stereocenters. The highest BCUT2D eigenvalue weighted by Crippen LogP contribution is 2.40. The van der Waals surface area contributed by atoms with Crippen LogP contribution in [-0.4, -0.2) is 24.3 Å². The SMILES string of the molecule is CC1CC=CCC1COC1(CCNC(C)(C)C)CCC1. The minimum Gasteiger partial charge on any atom is -0.375 e. The molecule has 0 saturated heterocycles. The van der Waals surface area contributed by atoms with Gasteiger partial charge in [0.05, 0.1) is 12.2 Å². The van der Waals surface area contributed by atoms with Crippen molar-refractivity contribution in [1.82, 2.24) is 5.32 Å². The molecule has 0 spiro atoms. The Morgan fingerprint density at radius 2 is 1.90 bits per heavy atom. The lowest BCUT2D eigenvalue weighted by molar-refractivity contribution is -0.120. The summed E-state index contributed by atoms with van der Waals surface area (Å²) in [5, 5.41) is 3.60. The second-order valence-electron chi connectivity index (χ2n) is 7.95. The molecule has 2 aliphatic carbocycles. The third-order valence-electron chi connectivity index (χ3n) is 5.02. The Morgan fingerprint density at radius 1 is 1.20 bits per heavy atom. The quantitative estimate of drug-likeness (QED) is 0.732. The second kappa shape index (κ2) is 6.62. The molecule has 0 aromatic carbocycles. The first-order valence-corrected chi connectivity index (χ1v) is 8.44. The Bertz CT molecular complexity index is 325. The lowest BCUT2D eigenvalue weighted by Gasteiger charge is -2.44. The summed E-state index contributed by atoms with van der Waals surface area (Å²) < 4.78 is 6.42. The van der Waals surface area contributed by atoms with Gasteiger partial charge in [0.1, 0.15) is 0 Å². The molecule has 20 heavy (non-hydrogen) atoms. The predicted octanol–water partition coefficient (Wildman–Crippen LogP) is 4.31. The average molecular weight is 279 g/mol. The highest BCUT2D eigenvalue weighted by atomic mass is 16.5. The Balaban J connectivity index is 1.75. The largest absolute Gasteiger partial charge is 0.375 e. The van der Waals surface area contributed by atoms with Gasteiger partial charge in [0.2, 0.25) is 0 Å². The number of rotatable bonds is 6. The molecule has 2 aliphatic rings. The number of nitrogens with one attached hydrogen (secondary N) is 1. The molecule has 1 saturated carbocycles. The number of ether oxygens (including phenoxy) is 1. The van der Waals surface area contributed by atoms with E-state index in [9.17, 15) is 0 Å². The molecule has 1 N–H and O–H groups in total. The van der Waals surface area contributed by atoms with E-state index in [4.69, 9.17) is 4.74 Å². The van der Waals surface area contributed by atoms with E-state index >= 15 is 0 Å². The summed E-state index contributed by atoms with van der Waals surface area (Å²) in [5.41, 5.74) is 0.409. The Hall–Kier alpha value is -0.340. The van der Waals surface area contributed by atoms with Gasteiger partial charge in [-0.2, -0.15) is 0 Å². The van der Waals surface area contributed by atoms with E-state index in [1.54, 1.807) is 0 Å². The van der Waals surface area contributed by atoms with E-state index < -0.39 is 0 Å². The highest BCUT2D eigenvalue weighted by molar-refractivity contribution is 4.95. The zero-order chi connectivity index (χ0) is 14.6. The predicted molar refractivity (Wildman–Crippen MR) is 85.9 cm³/mol. The molecule has 2 heteroatoms. The normalized spacial score (nSPS) is 29.2. The van der Waals surface area contributed by atoms with Gasteiger partial charge in [-0.3, -0.25) is 0 Å². The second-order valence-corrected chi connectivity index (χ2v) is 7.95. The van der Waals surface area contributed by atoms with Crippen molar-refractivity contribution in [3.63, 3.8) is 0 Å². The molecule has 0 bridgehead atoms. The topological polar surface area (TPSA) is 21.3 Å². The van der Waals surface area contributed by atoms with E-state index in [0.717, 1.165) is 25.0 Å². The molecule has 1 fully saturated rings. The molecule has 0 aromatic heterocycles. The van der Waals surface area contributed by atoms with Crippen LogP contribution in [-0.2, 0) is 4.74 Å². The standard InChI is InChI=1S/C18H33NO/c1-15-8-5-6-9-16(15)14-20-18(10-7-11-18)12-13-19-17(2,3)4/h5-6,15-16,19H,7-14H2,1-4H3. The first-order valence-electron chi connectivity index (χ1n) is 8.44. The maximum Gasteiger partial charge on any atom is 0.0694 e. The maximum atomic E-state index is 6.42. The maximum absolute atomic E-state index is 6.42. The molecular weight excluding hydrogens is 246 g/mol. The monoisotopic (exact) mass is 279 g/mol. The summed E-state index contributed by atoms with van der Waals surface area (Å²) in [4.78, 5) is 0. The number of hydrogen-bond donors (Lipinski definition) is 1. The van der Waals surface area contributed by atoms with Crippen LogP contribution in [0.3, 0.4) is 0 Å². The number of allylic oxidation sites excluding steroid dienone is 2. The zero-order valence-corrected chi connectivity index (χ0v) is 13.9. The van der Waals surface area contributed by atoms with Gasteiger partial charge in [0.15, 0.2) is 0 Å². The lowest BCUT2D eigenvalue weighted by atomic mass is 9.77. The fourth-order valence-corrected chi connectivity index (χ4v) is 3.23. The summed E-state index contributed by atoms with van der Waals surface area (Å²) in [6.45, 7) is 11.1. The average Bonchev–Trinajstić information content (AvgIpc) is 2.32. The molecule has 0 aromatic rings. The van der Waals surface area contributed by atoms with Gasteiger partial charge in [-0.15, -0.1) is 0 Å². The van der Waals surface area contributed by atoms with Gasteiger partial charge < -0.3 is 10.1 Å². The molecule has 0 aliphatic heterocycles. The minimum absolute atomic E-state index is 0.194. The van der Waals surface area contributed by atoms with E-state index in [1.165, 1.54) is 38.5 Å². The van der Waals surface area contributed by atoms with Crippen molar-refractivity contribution < 1.29 is 4.74 Å². The molecule has 2 nitrogen and oxygen atoms in total. The van der Waals surface area contributed by atoms with Gasteiger partial charge in [0, 0.05) is 5.54 Å². The van der Waals surface area contributed by atoms with Crippen molar-refractivity contribution in [3.8, 4) is 0 Å². The minimum atomic E-state index is 0.194. The molecule has 0 heterocycles. The van der Waals surface area contributed by atoms with Gasteiger partial charge in [-0.05, 0) is 77.7 Å². The summed E-state index contributed by atoms with van der Waals surface area (Å²) >= 11 is 0. The first-order chi connectivity index (χ1) is 9.40. The fourth-order valence-electron chi connectivity index (χ4n) is 3.23. The van der Waals surface area contributed by atoms with Crippen molar-refractivity contribution in [1.29, 1.82) is 0 Å². The van der Waals surface area contributed by atoms with Crippen molar-refractivity contribution in [3.05, 3.63) is 12.2 Å². The van der Waals surface area contributed by atoms with Crippen LogP contribution in [0.2, 0.25) is 0 Å². The fraction of sp³-hybridized carbons (Fsp3) is 0.889. The molecule has 0 amide bonds. The third-order valence-corrected chi connectivity index (χ3v) is 5.02. The van der Waals surface area contributed by atoms with Crippen LogP contribution in [0.25, 0.3) is 0 Å². The van der Waals surface area contributed by atoms with E-state index in [1.807, 2.05) is 0 Å². The molecule has 2 rings (SSSR count). The Kier molecular flexibility index (Phi) is 5.30. The van der Waals surface area contributed by atoms with Gasteiger partial charge in [-0.25, -0.2) is 0 Å². The lowest BCUT2D eigenvalue weighted by Crippen LogP contribution is -2.46. The van der Waals surface area contributed by atoms with Gasteiger partial charge >= 0.3 is 0 Å². The van der Waals surface area contributed by atoms with Crippen molar-refractivity contribution in [2.45, 2.75) is 77.4 Å². The first kappa shape index (κ1) is 16.0. The van der Waals surface area contributed by atoms with Crippen LogP contribution in [0, 0.1) is 11.8 Å². The van der Waals surface area contributed by atoms with E-state index in [2.05, 4.69) is 45.2 Å². The Labute approximate surface area is 125 Å². The Morgan fingerprint density at radius 3 is 2.45 bits per heavy atom. The summed E-state index contributed by atoms with van der Waals surface area (Å²) in [5.74, 6) is 1.51.